The number of nitro benzene ring substituents is 1. The number of unbranched alkanes of at least 4 members (excludes halogenated alkanes) is 2. The van der Waals surface area contributed by atoms with Crippen LogP contribution in [0.1, 0.15) is 36.5 Å². The second kappa shape index (κ2) is 8.85. The Morgan fingerprint density at radius 1 is 1.33 bits per heavy atom. The average molecular weight is 310 g/mol. The Morgan fingerprint density at radius 3 is 2.76 bits per heavy atom. The Balaban J connectivity index is 2.41. The van der Waals surface area contributed by atoms with Crippen molar-refractivity contribution in [1.29, 1.82) is 0 Å². The number of amides is 1. The first-order valence-electron chi connectivity index (χ1n) is 6.63. The SMILES string of the molecule is CCCCCNC(=S)NNC(=O)c1cccc([N+](=O)[O-])c1. The van der Waals surface area contributed by atoms with Crippen LogP contribution in [0.3, 0.4) is 0 Å². The van der Waals surface area contributed by atoms with Gasteiger partial charge in [-0.1, -0.05) is 25.8 Å². The third-order valence-electron chi connectivity index (χ3n) is 2.67. The van der Waals surface area contributed by atoms with E-state index in [-0.39, 0.29) is 11.3 Å². The molecule has 0 spiro atoms. The van der Waals surface area contributed by atoms with Crippen molar-refractivity contribution >= 4 is 28.9 Å². The number of non-ortho nitro benzene ring substituents is 1. The molecule has 0 fully saturated rings. The normalized spacial score (nSPS) is 9.76. The molecule has 1 rings (SSSR count). The van der Waals surface area contributed by atoms with Crippen LogP contribution in [0.2, 0.25) is 0 Å². The van der Waals surface area contributed by atoms with Gasteiger partial charge in [0.05, 0.1) is 4.92 Å². The summed E-state index contributed by atoms with van der Waals surface area (Å²) in [6.07, 6.45) is 3.22. The Morgan fingerprint density at radius 2 is 2.10 bits per heavy atom. The quantitative estimate of drug-likeness (QED) is 0.321. The van der Waals surface area contributed by atoms with Crippen LogP contribution in [0.15, 0.2) is 24.3 Å². The first kappa shape index (κ1) is 16.8. The Bertz CT molecular complexity index is 522. The molecule has 114 valence electrons. The molecule has 0 radical (unpaired) electrons. The summed E-state index contributed by atoms with van der Waals surface area (Å²) in [4.78, 5) is 21.9. The zero-order chi connectivity index (χ0) is 15.7. The lowest BCUT2D eigenvalue weighted by Gasteiger charge is -2.11. The summed E-state index contributed by atoms with van der Waals surface area (Å²) >= 11 is 4.99. The van der Waals surface area contributed by atoms with Gasteiger partial charge < -0.3 is 5.32 Å². The number of hydrogen-bond donors (Lipinski definition) is 3. The van der Waals surface area contributed by atoms with E-state index < -0.39 is 10.8 Å². The lowest BCUT2D eigenvalue weighted by atomic mass is 10.2. The average Bonchev–Trinajstić information content (AvgIpc) is 2.49. The molecule has 0 saturated heterocycles. The minimum Gasteiger partial charge on any atom is -0.361 e. The van der Waals surface area contributed by atoms with E-state index in [1.165, 1.54) is 24.3 Å². The topological polar surface area (TPSA) is 96.3 Å². The van der Waals surface area contributed by atoms with Gasteiger partial charge >= 0.3 is 0 Å². The monoisotopic (exact) mass is 310 g/mol. The van der Waals surface area contributed by atoms with Crippen LogP contribution in [0.4, 0.5) is 5.69 Å². The maximum atomic E-state index is 11.8. The van der Waals surface area contributed by atoms with Crippen LogP contribution in [-0.2, 0) is 0 Å². The van der Waals surface area contributed by atoms with Crippen molar-refractivity contribution < 1.29 is 9.72 Å². The zero-order valence-electron chi connectivity index (χ0n) is 11.7. The molecule has 1 aromatic rings. The largest absolute Gasteiger partial charge is 0.361 e. The highest BCUT2D eigenvalue weighted by Gasteiger charge is 2.11. The molecule has 1 amide bonds. The number of hydrogen-bond acceptors (Lipinski definition) is 4. The van der Waals surface area contributed by atoms with Gasteiger partial charge in [-0.2, -0.15) is 0 Å². The summed E-state index contributed by atoms with van der Waals surface area (Å²) in [5.74, 6) is -0.489. The van der Waals surface area contributed by atoms with Crippen molar-refractivity contribution in [1.82, 2.24) is 16.2 Å². The van der Waals surface area contributed by atoms with Gasteiger partial charge in [-0.15, -0.1) is 0 Å². The summed E-state index contributed by atoms with van der Waals surface area (Å²) in [6.45, 7) is 2.84. The molecular weight excluding hydrogens is 292 g/mol. The second-order valence-corrected chi connectivity index (χ2v) is 4.76. The van der Waals surface area contributed by atoms with Gasteiger partial charge in [-0.25, -0.2) is 0 Å². The lowest BCUT2D eigenvalue weighted by Crippen LogP contribution is -2.46. The van der Waals surface area contributed by atoms with Crippen molar-refractivity contribution in [3.8, 4) is 0 Å². The van der Waals surface area contributed by atoms with E-state index in [4.69, 9.17) is 12.2 Å². The highest BCUT2D eigenvalue weighted by Crippen LogP contribution is 2.12. The van der Waals surface area contributed by atoms with Crippen LogP contribution >= 0.6 is 12.2 Å². The molecule has 0 bridgehead atoms. The van der Waals surface area contributed by atoms with Gasteiger partial charge in [0.15, 0.2) is 5.11 Å². The molecule has 8 heteroatoms. The molecule has 3 N–H and O–H groups in total. The van der Waals surface area contributed by atoms with E-state index in [1.807, 2.05) is 0 Å². The Kier molecular flexibility index (Phi) is 7.10. The van der Waals surface area contributed by atoms with Crippen molar-refractivity contribution in [2.24, 2.45) is 0 Å². The van der Waals surface area contributed by atoms with Crippen LogP contribution in [-0.4, -0.2) is 22.5 Å². The minimum absolute atomic E-state index is 0.136. The fourth-order valence-electron chi connectivity index (χ4n) is 1.57. The molecule has 0 aliphatic carbocycles. The maximum Gasteiger partial charge on any atom is 0.270 e. The summed E-state index contributed by atoms with van der Waals surface area (Å²) in [5, 5.41) is 13.9. The van der Waals surface area contributed by atoms with E-state index in [0.717, 1.165) is 25.8 Å². The van der Waals surface area contributed by atoms with E-state index in [0.29, 0.717) is 5.11 Å². The second-order valence-electron chi connectivity index (χ2n) is 4.35. The van der Waals surface area contributed by atoms with Gasteiger partial charge in [-0.3, -0.25) is 25.8 Å². The number of benzene rings is 1. The molecule has 0 saturated carbocycles. The molecule has 0 unspecified atom stereocenters. The van der Waals surface area contributed by atoms with Gasteiger partial charge in [0.25, 0.3) is 11.6 Å². The number of carbonyl (C=O) groups is 1. The smallest absolute Gasteiger partial charge is 0.270 e. The third-order valence-corrected chi connectivity index (χ3v) is 2.92. The van der Waals surface area contributed by atoms with E-state index in [2.05, 4.69) is 23.1 Å². The number of carbonyl (C=O) groups excluding carboxylic acids is 1. The minimum atomic E-state index is -0.551. The molecule has 0 aliphatic rings. The van der Waals surface area contributed by atoms with Crippen molar-refractivity contribution in [3.63, 3.8) is 0 Å². The highest BCUT2D eigenvalue weighted by atomic mass is 32.1. The van der Waals surface area contributed by atoms with Crippen molar-refractivity contribution in [2.75, 3.05) is 6.54 Å². The van der Waals surface area contributed by atoms with Crippen LogP contribution in [0, 0.1) is 10.1 Å². The molecular formula is C13H18N4O3S. The number of nitro groups is 1. The van der Waals surface area contributed by atoms with E-state index in [1.54, 1.807) is 0 Å². The molecule has 0 atom stereocenters. The summed E-state index contributed by atoms with van der Waals surface area (Å²) in [7, 11) is 0. The van der Waals surface area contributed by atoms with Crippen LogP contribution in [0.25, 0.3) is 0 Å². The molecule has 0 heterocycles. The lowest BCUT2D eigenvalue weighted by molar-refractivity contribution is -0.384. The van der Waals surface area contributed by atoms with Gasteiger partial charge in [0.2, 0.25) is 0 Å². The third kappa shape index (κ3) is 6.17. The van der Waals surface area contributed by atoms with Gasteiger partial charge in [0.1, 0.15) is 0 Å². The number of nitrogens with one attached hydrogen (secondary N) is 3. The predicted molar refractivity (Wildman–Crippen MR) is 83.8 cm³/mol. The van der Waals surface area contributed by atoms with Gasteiger partial charge in [-0.05, 0) is 24.7 Å². The molecule has 7 nitrogen and oxygen atoms in total. The Hall–Kier alpha value is -2.22. The summed E-state index contributed by atoms with van der Waals surface area (Å²) < 4.78 is 0. The number of nitrogens with zero attached hydrogens (tertiary/aromatic N) is 1. The highest BCUT2D eigenvalue weighted by molar-refractivity contribution is 7.80. The first-order chi connectivity index (χ1) is 10.0. The number of rotatable bonds is 6. The molecule has 1 aromatic carbocycles. The molecule has 0 aromatic heterocycles. The molecule has 21 heavy (non-hydrogen) atoms. The van der Waals surface area contributed by atoms with Crippen LogP contribution < -0.4 is 16.2 Å². The fraction of sp³-hybridized carbons (Fsp3) is 0.385. The summed E-state index contributed by atoms with van der Waals surface area (Å²) in [6, 6.07) is 5.47. The maximum absolute atomic E-state index is 11.8. The van der Waals surface area contributed by atoms with Crippen molar-refractivity contribution in [3.05, 3.63) is 39.9 Å². The number of hydrazine groups is 1. The van der Waals surface area contributed by atoms with Crippen molar-refractivity contribution in [2.45, 2.75) is 26.2 Å². The standard InChI is InChI=1S/C13H18N4O3S/c1-2-3-4-8-14-13(21)16-15-12(18)10-6-5-7-11(9-10)17(19)20/h5-7,9H,2-4,8H2,1H3,(H,15,18)(H2,14,16,21). The zero-order valence-corrected chi connectivity index (χ0v) is 12.5. The Labute approximate surface area is 128 Å². The molecule has 0 aliphatic heterocycles. The fourth-order valence-corrected chi connectivity index (χ4v) is 1.72. The van der Waals surface area contributed by atoms with E-state index >= 15 is 0 Å². The first-order valence-corrected chi connectivity index (χ1v) is 7.04. The number of thiocarbonyl (C=S) groups is 1. The van der Waals surface area contributed by atoms with Crippen LogP contribution in [0.5, 0.6) is 0 Å². The van der Waals surface area contributed by atoms with E-state index in [9.17, 15) is 14.9 Å². The predicted octanol–water partition coefficient (Wildman–Crippen LogP) is 1.89. The summed E-state index contributed by atoms with van der Waals surface area (Å²) in [5.41, 5.74) is 5.00. The van der Waals surface area contributed by atoms with Gasteiger partial charge in [0, 0.05) is 24.2 Å².